The molecule has 26 heavy (non-hydrogen) atoms. The maximum atomic E-state index is 12.5. The van der Waals surface area contributed by atoms with Crippen LogP contribution in [0.25, 0.3) is 11.3 Å². The van der Waals surface area contributed by atoms with E-state index in [0.29, 0.717) is 22.9 Å². The van der Waals surface area contributed by atoms with Gasteiger partial charge in [-0.15, -0.1) is 0 Å². The molecular weight excluding hydrogens is 332 g/mol. The molecule has 2 N–H and O–H groups in total. The molecule has 1 aliphatic heterocycles. The number of fused-ring (bicyclic) bond motifs is 2. The van der Waals surface area contributed by atoms with Crippen molar-refractivity contribution >= 4 is 11.6 Å². The first-order chi connectivity index (χ1) is 12.8. The van der Waals surface area contributed by atoms with Crippen LogP contribution in [0.2, 0.25) is 0 Å². The Morgan fingerprint density at radius 2 is 1.96 bits per heavy atom. The second kappa shape index (κ2) is 5.59. The predicted molar refractivity (Wildman–Crippen MR) is 92.9 cm³/mol. The van der Waals surface area contributed by atoms with E-state index in [0.717, 1.165) is 11.1 Å². The van der Waals surface area contributed by atoms with Gasteiger partial charge >= 0.3 is 0 Å². The Labute approximate surface area is 146 Å². The largest absolute Gasteiger partial charge is 0.318 e. The minimum atomic E-state index is -0.421. The van der Waals surface area contributed by atoms with E-state index < -0.39 is 6.04 Å². The summed E-state index contributed by atoms with van der Waals surface area (Å²) in [6, 6.07) is 13.0. The highest BCUT2D eigenvalue weighted by Crippen LogP contribution is 2.40. The number of aromatic amines is 1. The lowest BCUT2D eigenvalue weighted by atomic mass is 9.93. The number of aromatic nitrogens is 7. The van der Waals surface area contributed by atoms with Crippen molar-refractivity contribution in [2.45, 2.75) is 6.04 Å². The number of hydrogen-bond donors (Lipinski definition) is 2. The minimum Gasteiger partial charge on any atom is -0.318 e. The van der Waals surface area contributed by atoms with Crippen molar-refractivity contribution in [3.63, 3.8) is 0 Å². The van der Waals surface area contributed by atoms with E-state index in [2.05, 4.69) is 36.0 Å². The number of pyridine rings is 1. The summed E-state index contributed by atoms with van der Waals surface area (Å²) in [6.45, 7) is 0. The third kappa shape index (κ3) is 2.10. The molecule has 1 aromatic carbocycles. The number of H-pyrrole nitrogens is 1. The van der Waals surface area contributed by atoms with Crippen LogP contribution < -0.4 is 10.9 Å². The monoisotopic (exact) mass is 344 g/mol. The average Bonchev–Trinajstić information content (AvgIpc) is 3.16. The Kier molecular flexibility index (Phi) is 3.11. The van der Waals surface area contributed by atoms with Crippen LogP contribution in [0.5, 0.6) is 0 Å². The van der Waals surface area contributed by atoms with E-state index in [1.165, 1.54) is 0 Å². The van der Waals surface area contributed by atoms with Crippen LogP contribution in [-0.4, -0.2) is 35.4 Å². The Hall–Kier alpha value is -3.88. The van der Waals surface area contributed by atoms with Gasteiger partial charge in [-0.05, 0) is 22.1 Å². The summed E-state index contributed by atoms with van der Waals surface area (Å²) < 4.78 is 1.63. The van der Waals surface area contributed by atoms with E-state index in [1.807, 2.05) is 42.5 Å². The molecule has 0 fully saturated rings. The number of nitrogens with one attached hydrogen (secondary N) is 2. The summed E-state index contributed by atoms with van der Waals surface area (Å²) >= 11 is 0. The molecule has 1 aliphatic rings. The Balaban J connectivity index is 1.84. The maximum Gasteiger partial charge on any atom is 0.288 e. The quantitative estimate of drug-likeness (QED) is 0.499. The van der Waals surface area contributed by atoms with Gasteiger partial charge in [0.1, 0.15) is 11.7 Å². The van der Waals surface area contributed by atoms with Gasteiger partial charge in [-0.25, -0.2) is 5.10 Å². The van der Waals surface area contributed by atoms with Gasteiger partial charge in [-0.3, -0.25) is 9.78 Å². The smallest absolute Gasteiger partial charge is 0.288 e. The van der Waals surface area contributed by atoms with Crippen molar-refractivity contribution in [2.75, 3.05) is 5.32 Å². The van der Waals surface area contributed by atoms with Crippen molar-refractivity contribution in [3.05, 3.63) is 76.3 Å². The summed E-state index contributed by atoms with van der Waals surface area (Å²) in [5, 5.41) is 21.7. The standard InChI is InChI=1S/C17H12N8O/c26-16-14-12(13(20-21-16)10-5-2-1-3-6-10)15(11-7-4-8-18-9-11)25-17(19-14)22-23-24-25/h1-9,15H,(H,21,26)(H,19,22,24). The summed E-state index contributed by atoms with van der Waals surface area (Å²) in [6.07, 6.45) is 3.43. The van der Waals surface area contributed by atoms with Gasteiger partial charge in [0.05, 0.1) is 5.69 Å². The van der Waals surface area contributed by atoms with Crippen molar-refractivity contribution in [3.8, 4) is 11.3 Å². The molecule has 0 bridgehead atoms. The molecule has 4 aromatic rings. The number of rotatable bonds is 2. The van der Waals surface area contributed by atoms with Gasteiger partial charge in [-0.2, -0.15) is 9.78 Å². The molecule has 1 atom stereocenters. The molecule has 4 heterocycles. The second-order valence-corrected chi connectivity index (χ2v) is 5.82. The molecule has 0 saturated heterocycles. The zero-order valence-corrected chi connectivity index (χ0v) is 13.4. The lowest BCUT2D eigenvalue weighted by Crippen LogP contribution is -2.29. The van der Waals surface area contributed by atoms with Crippen molar-refractivity contribution in [1.82, 2.24) is 35.4 Å². The fourth-order valence-electron chi connectivity index (χ4n) is 3.20. The number of anilines is 2. The molecule has 3 aromatic heterocycles. The lowest BCUT2D eigenvalue weighted by molar-refractivity contribution is 0.566. The summed E-state index contributed by atoms with van der Waals surface area (Å²) in [5.74, 6) is 0.391. The Morgan fingerprint density at radius 3 is 2.77 bits per heavy atom. The number of tetrazole rings is 1. The predicted octanol–water partition coefficient (Wildman–Crippen LogP) is 1.51. The van der Waals surface area contributed by atoms with Crippen LogP contribution in [0.4, 0.5) is 11.6 Å². The number of hydrogen-bond acceptors (Lipinski definition) is 7. The molecule has 0 saturated carbocycles. The SMILES string of the molecule is O=c1[nH]nc(-c2ccccc2)c2c1Nc1nnnn1C2c1cccnc1. The van der Waals surface area contributed by atoms with Crippen molar-refractivity contribution in [2.24, 2.45) is 0 Å². The van der Waals surface area contributed by atoms with Gasteiger partial charge in [0.2, 0.25) is 5.95 Å². The Bertz CT molecular complexity index is 1140. The number of nitrogens with zero attached hydrogens (tertiary/aromatic N) is 6. The van der Waals surface area contributed by atoms with Gasteiger partial charge in [0.25, 0.3) is 5.56 Å². The molecule has 0 radical (unpaired) electrons. The highest BCUT2D eigenvalue weighted by Gasteiger charge is 2.34. The first kappa shape index (κ1) is 14.5. The van der Waals surface area contributed by atoms with E-state index in [1.54, 1.807) is 17.1 Å². The zero-order chi connectivity index (χ0) is 17.5. The van der Waals surface area contributed by atoms with Crippen molar-refractivity contribution < 1.29 is 0 Å². The molecule has 9 nitrogen and oxygen atoms in total. The fourth-order valence-corrected chi connectivity index (χ4v) is 3.20. The van der Waals surface area contributed by atoms with Crippen LogP contribution in [0, 0.1) is 0 Å². The topological polar surface area (TPSA) is 114 Å². The van der Waals surface area contributed by atoms with E-state index in [-0.39, 0.29) is 5.56 Å². The van der Waals surface area contributed by atoms with Crippen LogP contribution in [0.1, 0.15) is 17.2 Å². The van der Waals surface area contributed by atoms with E-state index >= 15 is 0 Å². The van der Waals surface area contributed by atoms with E-state index in [4.69, 9.17) is 0 Å². The van der Waals surface area contributed by atoms with Crippen LogP contribution in [0.3, 0.4) is 0 Å². The molecule has 0 aliphatic carbocycles. The average molecular weight is 344 g/mol. The van der Waals surface area contributed by atoms with Crippen LogP contribution >= 0.6 is 0 Å². The molecule has 1 unspecified atom stereocenters. The maximum absolute atomic E-state index is 12.5. The van der Waals surface area contributed by atoms with Gasteiger partial charge < -0.3 is 5.32 Å². The summed E-state index contributed by atoms with van der Waals surface area (Å²) in [4.78, 5) is 16.7. The third-order valence-corrected chi connectivity index (χ3v) is 4.32. The van der Waals surface area contributed by atoms with Crippen LogP contribution in [-0.2, 0) is 0 Å². The van der Waals surface area contributed by atoms with E-state index in [9.17, 15) is 4.79 Å². The zero-order valence-electron chi connectivity index (χ0n) is 13.4. The highest BCUT2D eigenvalue weighted by atomic mass is 16.1. The number of benzene rings is 1. The van der Waals surface area contributed by atoms with Gasteiger partial charge in [0.15, 0.2) is 0 Å². The molecule has 5 rings (SSSR count). The molecule has 9 heteroatoms. The first-order valence-corrected chi connectivity index (χ1v) is 7.96. The van der Waals surface area contributed by atoms with Crippen LogP contribution in [0.15, 0.2) is 59.7 Å². The van der Waals surface area contributed by atoms with Crippen molar-refractivity contribution in [1.29, 1.82) is 0 Å². The summed E-state index contributed by atoms with van der Waals surface area (Å²) in [5.41, 5.74) is 3.15. The molecule has 0 spiro atoms. The highest BCUT2D eigenvalue weighted by molar-refractivity contribution is 5.75. The third-order valence-electron chi connectivity index (χ3n) is 4.32. The fraction of sp³-hybridized carbons (Fsp3) is 0.0588. The normalized spacial score (nSPS) is 15.0. The lowest BCUT2D eigenvalue weighted by Gasteiger charge is -2.27. The molecule has 126 valence electrons. The minimum absolute atomic E-state index is 0.331. The molecular formula is C17H12N8O. The van der Waals surface area contributed by atoms with Gasteiger partial charge in [0, 0.05) is 23.5 Å². The second-order valence-electron chi connectivity index (χ2n) is 5.82. The summed E-state index contributed by atoms with van der Waals surface area (Å²) in [7, 11) is 0. The first-order valence-electron chi connectivity index (χ1n) is 7.96. The molecule has 0 amide bonds. The Morgan fingerprint density at radius 1 is 1.08 bits per heavy atom. The van der Waals surface area contributed by atoms with Gasteiger partial charge in [-0.1, -0.05) is 41.5 Å².